The highest BCUT2D eigenvalue weighted by molar-refractivity contribution is 7.15. The zero-order valence-corrected chi connectivity index (χ0v) is 21.7. The van der Waals surface area contributed by atoms with Crippen molar-refractivity contribution < 1.29 is 9.59 Å². The number of aryl methyl sites for hydroxylation is 1. The standard InChI is InChI=1S/C28H30ClN3O2S/c1-17-7-5-8-20(15-17)25-24(31-27(35-25)19-12-13-19)28(34)32-14-4-3-9-21(32)16-30-26(33)22-10-6-11-23(29)18(22)2/h5-8,10-11,15,19,21H,3-4,9,12-14,16H2,1-2H3,(H,30,33)/t21-/m0/s1. The third-order valence-corrected chi connectivity index (χ3v) is 8.63. The maximum atomic E-state index is 13.9. The molecule has 0 unspecified atom stereocenters. The minimum atomic E-state index is -0.159. The van der Waals surface area contributed by atoms with Crippen LogP contribution in [0.25, 0.3) is 10.4 Å². The van der Waals surface area contributed by atoms with Gasteiger partial charge in [-0.25, -0.2) is 4.98 Å². The summed E-state index contributed by atoms with van der Waals surface area (Å²) in [5.74, 6) is 0.304. The molecule has 1 atom stereocenters. The van der Waals surface area contributed by atoms with Crippen LogP contribution in [0.1, 0.15) is 75.0 Å². The van der Waals surface area contributed by atoms with E-state index in [9.17, 15) is 9.59 Å². The van der Waals surface area contributed by atoms with Gasteiger partial charge in [0.2, 0.25) is 0 Å². The maximum absolute atomic E-state index is 13.9. The summed E-state index contributed by atoms with van der Waals surface area (Å²) in [6.45, 7) is 5.01. The Morgan fingerprint density at radius 1 is 1.11 bits per heavy atom. The van der Waals surface area contributed by atoms with Gasteiger partial charge < -0.3 is 10.2 Å². The number of rotatable bonds is 6. The SMILES string of the molecule is Cc1cccc(-c2sc(C3CC3)nc2C(=O)N2CCCC[C@H]2CNC(=O)c2cccc(Cl)c2C)c1. The topological polar surface area (TPSA) is 62.3 Å². The quantitative estimate of drug-likeness (QED) is 0.421. The van der Waals surface area contributed by atoms with Crippen LogP contribution in [0.3, 0.4) is 0 Å². The molecule has 7 heteroatoms. The number of nitrogens with one attached hydrogen (secondary N) is 1. The molecule has 2 aliphatic rings. The zero-order chi connectivity index (χ0) is 24.5. The third-order valence-electron chi connectivity index (χ3n) is 6.95. The van der Waals surface area contributed by atoms with E-state index in [-0.39, 0.29) is 17.9 Å². The van der Waals surface area contributed by atoms with E-state index in [0.29, 0.717) is 35.3 Å². The first-order chi connectivity index (χ1) is 16.9. The van der Waals surface area contributed by atoms with Gasteiger partial charge >= 0.3 is 0 Å². The average molecular weight is 508 g/mol. The van der Waals surface area contributed by atoms with Crippen molar-refractivity contribution >= 4 is 34.8 Å². The molecule has 2 amide bonds. The van der Waals surface area contributed by atoms with Gasteiger partial charge in [-0.05, 0) is 69.2 Å². The van der Waals surface area contributed by atoms with Crippen molar-refractivity contribution in [2.75, 3.05) is 13.1 Å². The predicted octanol–water partition coefficient (Wildman–Crippen LogP) is 6.38. The first-order valence-corrected chi connectivity index (χ1v) is 13.5. The summed E-state index contributed by atoms with van der Waals surface area (Å²) >= 11 is 7.87. The summed E-state index contributed by atoms with van der Waals surface area (Å²) in [6, 6.07) is 13.6. The second kappa shape index (κ2) is 10.1. The summed E-state index contributed by atoms with van der Waals surface area (Å²) < 4.78 is 0. The normalized spacial score (nSPS) is 17.9. The lowest BCUT2D eigenvalue weighted by atomic mass is 10.0. The van der Waals surface area contributed by atoms with Gasteiger partial charge in [0.15, 0.2) is 0 Å². The van der Waals surface area contributed by atoms with Crippen molar-refractivity contribution in [3.63, 3.8) is 0 Å². The fourth-order valence-electron chi connectivity index (χ4n) is 4.74. The van der Waals surface area contributed by atoms with Crippen LogP contribution in [-0.4, -0.2) is 40.8 Å². The lowest BCUT2D eigenvalue weighted by molar-refractivity contribution is 0.0598. The molecule has 2 fully saturated rings. The Kier molecular flexibility index (Phi) is 6.94. The summed E-state index contributed by atoms with van der Waals surface area (Å²) in [5.41, 5.74) is 4.11. The second-order valence-electron chi connectivity index (χ2n) is 9.64. The Bertz CT molecular complexity index is 1270. The minimum absolute atomic E-state index is 0.0254. The summed E-state index contributed by atoms with van der Waals surface area (Å²) in [6.07, 6.45) is 5.16. The molecular formula is C28H30ClN3O2S. The maximum Gasteiger partial charge on any atom is 0.274 e. The Labute approximate surface area is 215 Å². The number of amides is 2. The van der Waals surface area contributed by atoms with Gasteiger partial charge in [0.05, 0.1) is 9.88 Å². The van der Waals surface area contributed by atoms with E-state index in [0.717, 1.165) is 58.7 Å². The van der Waals surface area contributed by atoms with Gasteiger partial charge in [0.1, 0.15) is 5.69 Å². The number of piperidine rings is 1. The second-order valence-corrected chi connectivity index (χ2v) is 11.1. The highest BCUT2D eigenvalue weighted by Crippen LogP contribution is 2.45. The van der Waals surface area contributed by atoms with Gasteiger partial charge in [0, 0.05) is 35.6 Å². The van der Waals surface area contributed by atoms with E-state index in [1.165, 1.54) is 0 Å². The van der Waals surface area contributed by atoms with Crippen molar-refractivity contribution in [2.24, 2.45) is 0 Å². The molecule has 2 heterocycles. The number of carbonyl (C=O) groups is 2. The molecule has 182 valence electrons. The first-order valence-electron chi connectivity index (χ1n) is 12.3. The molecule has 0 spiro atoms. The van der Waals surface area contributed by atoms with Crippen LogP contribution in [0, 0.1) is 13.8 Å². The smallest absolute Gasteiger partial charge is 0.274 e. The molecule has 1 saturated heterocycles. The Balaban J connectivity index is 1.38. The number of likely N-dealkylation sites (tertiary alicyclic amines) is 1. The fourth-order valence-corrected chi connectivity index (χ4v) is 6.14. The van der Waals surface area contributed by atoms with Gasteiger partial charge in [0.25, 0.3) is 11.8 Å². The summed E-state index contributed by atoms with van der Waals surface area (Å²) in [5, 5.41) is 4.70. The van der Waals surface area contributed by atoms with Crippen molar-refractivity contribution in [2.45, 2.75) is 57.9 Å². The number of hydrogen-bond acceptors (Lipinski definition) is 4. The molecule has 2 aromatic carbocycles. The number of nitrogens with zero attached hydrogens (tertiary/aromatic N) is 2. The van der Waals surface area contributed by atoms with Crippen LogP contribution in [0.15, 0.2) is 42.5 Å². The molecule has 5 rings (SSSR count). The average Bonchev–Trinajstić information content (AvgIpc) is 3.62. The van der Waals surface area contributed by atoms with Gasteiger partial charge in [-0.3, -0.25) is 9.59 Å². The van der Waals surface area contributed by atoms with E-state index in [4.69, 9.17) is 16.6 Å². The lowest BCUT2D eigenvalue weighted by Gasteiger charge is -2.35. The van der Waals surface area contributed by atoms with Crippen LogP contribution in [-0.2, 0) is 0 Å². The molecule has 5 nitrogen and oxygen atoms in total. The number of aromatic nitrogens is 1. The summed E-state index contributed by atoms with van der Waals surface area (Å²) in [4.78, 5) is 34.5. The molecule has 1 saturated carbocycles. The van der Waals surface area contributed by atoms with E-state index < -0.39 is 0 Å². The van der Waals surface area contributed by atoms with E-state index in [2.05, 4.69) is 30.4 Å². The molecule has 1 N–H and O–H groups in total. The minimum Gasteiger partial charge on any atom is -0.350 e. The third kappa shape index (κ3) is 5.14. The molecule has 35 heavy (non-hydrogen) atoms. The lowest BCUT2D eigenvalue weighted by Crippen LogP contribution is -2.49. The Morgan fingerprint density at radius 3 is 2.69 bits per heavy atom. The highest BCUT2D eigenvalue weighted by Gasteiger charge is 2.34. The first kappa shape index (κ1) is 24.0. The zero-order valence-electron chi connectivity index (χ0n) is 20.1. The molecule has 1 aliphatic heterocycles. The number of halogens is 1. The highest BCUT2D eigenvalue weighted by atomic mass is 35.5. The van der Waals surface area contributed by atoms with E-state index in [1.807, 2.05) is 17.9 Å². The Morgan fingerprint density at radius 2 is 1.91 bits per heavy atom. The number of carbonyl (C=O) groups excluding carboxylic acids is 2. The van der Waals surface area contributed by atoms with Crippen LogP contribution in [0.4, 0.5) is 0 Å². The van der Waals surface area contributed by atoms with Crippen molar-refractivity contribution in [1.29, 1.82) is 0 Å². The number of hydrogen-bond donors (Lipinski definition) is 1. The van der Waals surface area contributed by atoms with Crippen molar-refractivity contribution in [3.8, 4) is 10.4 Å². The fraction of sp³-hybridized carbons (Fsp3) is 0.393. The number of thiazole rings is 1. The molecule has 3 aromatic rings. The monoisotopic (exact) mass is 507 g/mol. The van der Waals surface area contributed by atoms with Crippen LogP contribution in [0.2, 0.25) is 5.02 Å². The summed E-state index contributed by atoms with van der Waals surface area (Å²) in [7, 11) is 0. The van der Waals surface area contributed by atoms with Crippen LogP contribution in [0.5, 0.6) is 0 Å². The predicted molar refractivity (Wildman–Crippen MR) is 141 cm³/mol. The van der Waals surface area contributed by atoms with Gasteiger partial charge in [-0.15, -0.1) is 11.3 Å². The van der Waals surface area contributed by atoms with E-state index in [1.54, 1.807) is 29.5 Å². The molecule has 0 radical (unpaired) electrons. The van der Waals surface area contributed by atoms with Crippen LogP contribution < -0.4 is 5.32 Å². The molecule has 1 aromatic heterocycles. The van der Waals surface area contributed by atoms with Crippen LogP contribution >= 0.6 is 22.9 Å². The van der Waals surface area contributed by atoms with Crippen molar-refractivity contribution in [3.05, 3.63) is 74.9 Å². The number of benzene rings is 2. The molecular weight excluding hydrogens is 478 g/mol. The largest absolute Gasteiger partial charge is 0.350 e. The van der Waals surface area contributed by atoms with Gasteiger partial charge in [-0.1, -0.05) is 47.5 Å². The molecule has 0 bridgehead atoms. The van der Waals surface area contributed by atoms with Crippen molar-refractivity contribution in [1.82, 2.24) is 15.2 Å². The van der Waals surface area contributed by atoms with Gasteiger partial charge in [-0.2, -0.15) is 0 Å². The van der Waals surface area contributed by atoms with E-state index >= 15 is 0 Å². The molecule has 1 aliphatic carbocycles. The Hall–Kier alpha value is -2.70.